The zero-order chi connectivity index (χ0) is 19.6. The molecule has 0 radical (unpaired) electrons. The largest absolute Gasteiger partial charge is 0.382 e. The third kappa shape index (κ3) is 4.54. The van der Waals surface area contributed by atoms with Crippen LogP contribution in [0.3, 0.4) is 0 Å². The molecule has 1 aromatic carbocycles. The van der Waals surface area contributed by atoms with Crippen molar-refractivity contribution in [3.05, 3.63) is 34.5 Å². The quantitative estimate of drug-likeness (QED) is 0.773. The van der Waals surface area contributed by atoms with Gasteiger partial charge in [0.15, 0.2) is 0 Å². The Bertz CT molecular complexity index is 901. The number of aromatic nitrogens is 1. The Balaban J connectivity index is 1.85. The predicted molar refractivity (Wildman–Crippen MR) is 111 cm³/mol. The van der Waals surface area contributed by atoms with Crippen LogP contribution in [0.25, 0.3) is 16.3 Å². The number of hydrogen-bond donors (Lipinski definition) is 1. The molecule has 3 rings (SSSR count). The average Bonchev–Trinajstić information content (AvgIpc) is 3.08. The number of aryl methyl sites for hydroxylation is 1. The van der Waals surface area contributed by atoms with Gasteiger partial charge in [-0.3, -0.25) is 9.69 Å². The third-order valence-corrected chi connectivity index (χ3v) is 5.27. The number of fused-ring (bicyclic) bond motifs is 1. The molecule has 144 valence electrons. The number of ether oxygens (including phenoxy) is 1. The summed E-state index contributed by atoms with van der Waals surface area (Å²) in [7, 11) is 3.41. The van der Waals surface area contributed by atoms with E-state index in [9.17, 15) is 4.79 Å². The van der Waals surface area contributed by atoms with Crippen molar-refractivity contribution in [2.45, 2.75) is 33.2 Å². The second-order valence-corrected chi connectivity index (χ2v) is 8.43. The van der Waals surface area contributed by atoms with Crippen LogP contribution in [0, 0.1) is 12.8 Å². The van der Waals surface area contributed by atoms with Crippen molar-refractivity contribution in [2.75, 3.05) is 20.8 Å². The number of nitrogens with zero attached hydrogens (tertiary/aromatic N) is 3. The van der Waals surface area contributed by atoms with Crippen molar-refractivity contribution in [3.63, 3.8) is 0 Å². The lowest BCUT2D eigenvalue weighted by Crippen LogP contribution is -2.31. The first-order valence-electron chi connectivity index (χ1n) is 9.08. The van der Waals surface area contributed by atoms with Crippen LogP contribution in [0.1, 0.15) is 30.8 Å². The fourth-order valence-corrected chi connectivity index (χ4v) is 4.01. The van der Waals surface area contributed by atoms with Gasteiger partial charge in [-0.05, 0) is 43.0 Å². The molecule has 1 aromatic heterocycles. The molecule has 0 spiro atoms. The molecule has 1 aliphatic heterocycles. The van der Waals surface area contributed by atoms with Gasteiger partial charge < -0.3 is 10.1 Å². The first-order valence-corrected chi connectivity index (χ1v) is 9.89. The highest BCUT2D eigenvalue weighted by atomic mass is 32.1. The topological polar surface area (TPSA) is 66.8 Å². The lowest BCUT2D eigenvalue weighted by atomic mass is 10.1. The van der Waals surface area contributed by atoms with Crippen molar-refractivity contribution < 1.29 is 9.53 Å². The first-order chi connectivity index (χ1) is 12.9. The van der Waals surface area contributed by atoms with Gasteiger partial charge in [0, 0.05) is 14.2 Å². The smallest absolute Gasteiger partial charge is 0.276 e. The standard InChI is InChI=1S/C20H26N4O2S/c1-12(2)8-15(11-26-5)22-20-23-17(19(25)24(20)4)9-14-6-7-16-18(10-14)27-13(3)21-16/h6-7,9-10,12,15H,8,11H2,1-5H3,(H,22,23)/b17-9-/t15-/m1/s1. The molecule has 27 heavy (non-hydrogen) atoms. The van der Waals surface area contributed by atoms with Crippen LogP contribution < -0.4 is 5.32 Å². The van der Waals surface area contributed by atoms with Crippen molar-refractivity contribution in [1.82, 2.24) is 15.2 Å². The molecule has 0 aliphatic carbocycles. The number of methoxy groups -OCH3 is 1. The Labute approximate surface area is 164 Å². The number of likely N-dealkylation sites (N-methyl/N-ethyl adjacent to an activating group) is 1. The molecule has 2 heterocycles. The molecule has 1 atom stereocenters. The highest BCUT2D eigenvalue weighted by Gasteiger charge is 2.29. The molecular formula is C20H26N4O2S. The zero-order valence-electron chi connectivity index (χ0n) is 16.4. The fraction of sp³-hybridized carbons (Fsp3) is 0.450. The summed E-state index contributed by atoms with van der Waals surface area (Å²) in [5, 5.41) is 4.21. The van der Waals surface area contributed by atoms with E-state index in [0.29, 0.717) is 24.2 Å². The second kappa shape index (κ2) is 8.19. The maximum absolute atomic E-state index is 12.6. The third-order valence-electron chi connectivity index (χ3n) is 4.34. The van der Waals surface area contributed by atoms with Gasteiger partial charge >= 0.3 is 0 Å². The monoisotopic (exact) mass is 386 g/mol. The van der Waals surface area contributed by atoms with Gasteiger partial charge in [-0.25, -0.2) is 9.98 Å². The summed E-state index contributed by atoms with van der Waals surface area (Å²) in [4.78, 5) is 23.4. The molecule has 0 unspecified atom stereocenters. The molecule has 1 N–H and O–H groups in total. The van der Waals surface area contributed by atoms with Gasteiger partial charge in [-0.1, -0.05) is 19.9 Å². The Kier molecular flexibility index (Phi) is 5.92. The summed E-state index contributed by atoms with van der Waals surface area (Å²) in [6.07, 6.45) is 2.77. The number of hydrogen-bond acceptors (Lipinski definition) is 5. The van der Waals surface area contributed by atoms with Crippen molar-refractivity contribution in [3.8, 4) is 0 Å². The summed E-state index contributed by atoms with van der Waals surface area (Å²) in [5.41, 5.74) is 2.48. The van der Waals surface area contributed by atoms with Crippen LogP contribution in [-0.4, -0.2) is 48.6 Å². The Morgan fingerprint density at radius 3 is 2.89 bits per heavy atom. The van der Waals surface area contributed by atoms with Gasteiger partial charge in [-0.2, -0.15) is 0 Å². The van der Waals surface area contributed by atoms with Crippen molar-refractivity contribution in [1.29, 1.82) is 0 Å². The summed E-state index contributed by atoms with van der Waals surface area (Å²) < 4.78 is 6.40. The van der Waals surface area contributed by atoms with Gasteiger partial charge in [0.2, 0.25) is 5.96 Å². The maximum atomic E-state index is 12.6. The lowest BCUT2D eigenvalue weighted by Gasteiger charge is -2.16. The minimum absolute atomic E-state index is 0.0172. The Hall–Kier alpha value is -2.25. The lowest BCUT2D eigenvalue weighted by molar-refractivity contribution is -0.121. The number of aliphatic imine (C=N–C) groups is 1. The van der Waals surface area contributed by atoms with E-state index in [-0.39, 0.29) is 11.9 Å². The van der Waals surface area contributed by atoms with E-state index in [2.05, 4.69) is 30.2 Å². The van der Waals surface area contributed by atoms with Crippen LogP contribution >= 0.6 is 11.3 Å². The average molecular weight is 387 g/mol. The summed E-state index contributed by atoms with van der Waals surface area (Å²) in [6, 6.07) is 6.04. The number of rotatable bonds is 6. The number of thiazole rings is 1. The minimum Gasteiger partial charge on any atom is -0.382 e. The van der Waals surface area contributed by atoms with E-state index in [1.807, 2.05) is 25.1 Å². The van der Waals surface area contributed by atoms with Crippen molar-refractivity contribution in [2.24, 2.45) is 10.9 Å². The summed E-state index contributed by atoms with van der Waals surface area (Å²) in [5.74, 6) is 0.986. The molecule has 1 amide bonds. The molecule has 6 nitrogen and oxygen atoms in total. The number of benzene rings is 1. The SMILES string of the molecule is COC[C@@H](CC(C)C)N=C1N/C(=C\c2ccc3nc(C)sc3c2)C(=O)N1C. The fourth-order valence-electron chi connectivity index (χ4n) is 3.13. The van der Waals surface area contributed by atoms with E-state index in [1.54, 1.807) is 30.4 Å². The predicted octanol–water partition coefficient (Wildman–Crippen LogP) is 3.42. The first kappa shape index (κ1) is 19.5. The number of carbonyl (C=O) groups is 1. The van der Waals surface area contributed by atoms with E-state index >= 15 is 0 Å². The van der Waals surface area contributed by atoms with Crippen molar-refractivity contribution >= 4 is 39.5 Å². The Morgan fingerprint density at radius 1 is 1.41 bits per heavy atom. The van der Waals surface area contributed by atoms with Gasteiger partial charge in [0.1, 0.15) is 5.70 Å². The van der Waals surface area contributed by atoms with E-state index in [0.717, 1.165) is 27.2 Å². The molecule has 1 aliphatic rings. The van der Waals surface area contributed by atoms with E-state index in [1.165, 1.54) is 0 Å². The molecule has 1 saturated heterocycles. The molecular weight excluding hydrogens is 360 g/mol. The van der Waals surface area contributed by atoms with Crippen LogP contribution in [0.4, 0.5) is 0 Å². The van der Waals surface area contributed by atoms with Crippen LogP contribution in [0.2, 0.25) is 0 Å². The number of carbonyl (C=O) groups excluding carboxylic acids is 1. The molecule has 0 saturated carbocycles. The summed E-state index contributed by atoms with van der Waals surface area (Å²) in [6.45, 7) is 6.84. The normalized spacial score (nSPS) is 18.9. The zero-order valence-corrected chi connectivity index (χ0v) is 17.3. The highest BCUT2D eigenvalue weighted by molar-refractivity contribution is 7.18. The Morgan fingerprint density at radius 2 is 2.19 bits per heavy atom. The molecule has 1 fully saturated rings. The number of nitrogens with one attached hydrogen (secondary N) is 1. The maximum Gasteiger partial charge on any atom is 0.276 e. The minimum atomic E-state index is -0.0879. The number of guanidine groups is 1. The second-order valence-electron chi connectivity index (χ2n) is 7.20. The highest BCUT2D eigenvalue weighted by Crippen LogP contribution is 2.24. The number of amides is 1. The van der Waals surface area contributed by atoms with E-state index in [4.69, 9.17) is 9.73 Å². The molecule has 7 heteroatoms. The summed E-state index contributed by atoms with van der Waals surface area (Å²) >= 11 is 1.65. The van der Waals surface area contributed by atoms with Gasteiger partial charge in [-0.15, -0.1) is 11.3 Å². The van der Waals surface area contributed by atoms with Gasteiger partial charge in [0.05, 0.1) is 27.9 Å². The van der Waals surface area contributed by atoms with Gasteiger partial charge in [0.25, 0.3) is 5.91 Å². The molecule has 0 bridgehead atoms. The van der Waals surface area contributed by atoms with Crippen LogP contribution in [0.15, 0.2) is 28.9 Å². The van der Waals surface area contributed by atoms with E-state index < -0.39 is 0 Å². The molecule has 2 aromatic rings. The van der Waals surface area contributed by atoms with Crippen LogP contribution in [-0.2, 0) is 9.53 Å². The van der Waals surface area contributed by atoms with Crippen LogP contribution in [0.5, 0.6) is 0 Å².